The van der Waals surface area contributed by atoms with Crippen LogP contribution < -0.4 is 5.32 Å². The Labute approximate surface area is 162 Å². The number of aromatic nitrogens is 2. The van der Waals surface area contributed by atoms with Crippen LogP contribution in [0, 0.1) is 12.8 Å². The Kier molecular flexibility index (Phi) is 6.50. The van der Waals surface area contributed by atoms with Crippen molar-refractivity contribution in [2.75, 3.05) is 26.2 Å². The Balaban J connectivity index is 1.71. The van der Waals surface area contributed by atoms with E-state index in [1.807, 2.05) is 49.9 Å². The average Bonchev–Trinajstić information content (AvgIpc) is 3.20. The zero-order valence-corrected chi connectivity index (χ0v) is 16.5. The number of imidazole rings is 1. The van der Waals surface area contributed by atoms with Gasteiger partial charge in [-0.2, -0.15) is 0 Å². The highest BCUT2D eigenvalue weighted by Crippen LogP contribution is 2.27. The van der Waals surface area contributed by atoms with E-state index >= 15 is 0 Å². The van der Waals surface area contributed by atoms with Crippen molar-refractivity contribution in [1.82, 2.24) is 19.8 Å². The first kappa shape index (κ1) is 19.4. The lowest BCUT2D eigenvalue weighted by Crippen LogP contribution is -2.49. The van der Waals surface area contributed by atoms with Gasteiger partial charge in [-0.25, -0.2) is 4.98 Å². The molecule has 2 heterocycles. The first-order chi connectivity index (χ1) is 13.1. The molecule has 0 amide bonds. The van der Waals surface area contributed by atoms with Gasteiger partial charge in [0.15, 0.2) is 5.96 Å². The summed E-state index contributed by atoms with van der Waals surface area (Å²) in [4.78, 5) is 11.2. The standard InChI is InChI=1S/C21H31N5O/c1-4-23-21(24-13-20(27)18-7-5-6-16(2)12-18)25-10-8-17(3)19(14-25)26-11-9-22-15-26/h5-7,9,11-12,15,17,19-20,27H,4,8,10,13-14H2,1-3H3,(H,23,24). The lowest BCUT2D eigenvalue weighted by molar-refractivity contribution is 0.179. The topological polar surface area (TPSA) is 65.7 Å². The van der Waals surface area contributed by atoms with Gasteiger partial charge < -0.3 is 19.9 Å². The summed E-state index contributed by atoms with van der Waals surface area (Å²) in [5, 5.41) is 13.9. The number of aliphatic hydroxyl groups is 1. The molecule has 1 aromatic carbocycles. The average molecular weight is 370 g/mol. The van der Waals surface area contributed by atoms with Crippen LogP contribution in [0.15, 0.2) is 48.0 Å². The fraction of sp³-hybridized carbons (Fsp3) is 0.524. The zero-order valence-electron chi connectivity index (χ0n) is 16.5. The molecule has 0 aliphatic carbocycles. The minimum absolute atomic E-state index is 0.355. The molecule has 6 nitrogen and oxygen atoms in total. The first-order valence-corrected chi connectivity index (χ1v) is 9.83. The third-order valence-electron chi connectivity index (χ3n) is 5.30. The van der Waals surface area contributed by atoms with E-state index in [1.165, 1.54) is 0 Å². The van der Waals surface area contributed by atoms with Crippen LogP contribution in [0.4, 0.5) is 0 Å². The maximum absolute atomic E-state index is 10.5. The summed E-state index contributed by atoms with van der Waals surface area (Å²) in [5.41, 5.74) is 2.06. The maximum atomic E-state index is 10.5. The molecular weight excluding hydrogens is 338 g/mol. The Morgan fingerprint density at radius 2 is 2.30 bits per heavy atom. The van der Waals surface area contributed by atoms with Crippen LogP contribution in [-0.2, 0) is 0 Å². The number of aliphatic hydroxyl groups excluding tert-OH is 1. The summed E-state index contributed by atoms with van der Waals surface area (Å²) in [7, 11) is 0. The van der Waals surface area contributed by atoms with E-state index in [9.17, 15) is 5.11 Å². The van der Waals surface area contributed by atoms with Crippen molar-refractivity contribution < 1.29 is 5.11 Å². The van der Waals surface area contributed by atoms with Gasteiger partial charge in [0.25, 0.3) is 0 Å². The molecule has 0 spiro atoms. The summed E-state index contributed by atoms with van der Waals surface area (Å²) in [6, 6.07) is 8.37. The Morgan fingerprint density at radius 3 is 3.00 bits per heavy atom. The van der Waals surface area contributed by atoms with Gasteiger partial charge in [0, 0.05) is 32.0 Å². The van der Waals surface area contributed by atoms with Crippen LogP contribution in [-0.4, -0.2) is 51.7 Å². The van der Waals surface area contributed by atoms with Gasteiger partial charge in [-0.05, 0) is 31.7 Å². The fourth-order valence-corrected chi connectivity index (χ4v) is 3.68. The number of hydrogen-bond acceptors (Lipinski definition) is 3. The van der Waals surface area contributed by atoms with Crippen molar-refractivity contribution in [1.29, 1.82) is 0 Å². The number of piperidine rings is 1. The maximum Gasteiger partial charge on any atom is 0.194 e. The molecule has 2 N–H and O–H groups in total. The Bertz CT molecular complexity index is 743. The van der Waals surface area contributed by atoms with Gasteiger partial charge >= 0.3 is 0 Å². The summed E-state index contributed by atoms with van der Waals surface area (Å²) in [6.45, 7) is 9.44. The summed E-state index contributed by atoms with van der Waals surface area (Å²) in [5.74, 6) is 1.47. The third kappa shape index (κ3) is 4.89. The van der Waals surface area contributed by atoms with E-state index in [0.29, 0.717) is 18.5 Å². The van der Waals surface area contributed by atoms with E-state index in [4.69, 9.17) is 4.99 Å². The van der Waals surface area contributed by atoms with Crippen molar-refractivity contribution in [3.05, 3.63) is 54.1 Å². The SMILES string of the molecule is CCNC(=NCC(O)c1cccc(C)c1)N1CCC(C)C(n2ccnc2)C1. The number of nitrogens with one attached hydrogen (secondary N) is 1. The van der Waals surface area contributed by atoms with Crippen molar-refractivity contribution in [3.8, 4) is 0 Å². The molecule has 1 saturated heterocycles. The molecule has 1 aliphatic rings. The monoisotopic (exact) mass is 369 g/mol. The number of hydrogen-bond donors (Lipinski definition) is 2. The van der Waals surface area contributed by atoms with E-state index in [2.05, 4.69) is 33.6 Å². The molecule has 0 radical (unpaired) electrons. The second kappa shape index (κ2) is 9.04. The lowest BCUT2D eigenvalue weighted by Gasteiger charge is -2.39. The van der Waals surface area contributed by atoms with Gasteiger partial charge in [-0.1, -0.05) is 36.8 Å². The van der Waals surface area contributed by atoms with E-state index in [-0.39, 0.29) is 0 Å². The van der Waals surface area contributed by atoms with Gasteiger partial charge in [0.05, 0.1) is 25.0 Å². The van der Waals surface area contributed by atoms with Crippen molar-refractivity contribution in [3.63, 3.8) is 0 Å². The smallest absolute Gasteiger partial charge is 0.194 e. The second-order valence-corrected chi connectivity index (χ2v) is 7.41. The molecule has 6 heteroatoms. The molecule has 0 saturated carbocycles. The highest BCUT2D eigenvalue weighted by molar-refractivity contribution is 5.80. The highest BCUT2D eigenvalue weighted by Gasteiger charge is 2.29. The quantitative estimate of drug-likeness (QED) is 0.628. The molecule has 3 rings (SSSR count). The number of nitrogens with zero attached hydrogens (tertiary/aromatic N) is 4. The summed E-state index contributed by atoms with van der Waals surface area (Å²) >= 11 is 0. The first-order valence-electron chi connectivity index (χ1n) is 9.83. The fourth-order valence-electron chi connectivity index (χ4n) is 3.68. The normalized spacial score (nSPS) is 21.9. The Hall–Kier alpha value is -2.34. The highest BCUT2D eigenvalue weighted by atomic mass is 16.3. The van der Waals surface area contributed by atoms with E-state index in [1.54, 1.807) is 0 Å². The van der Waals surface area contributed by atoms with Gasteiger partial charge in [-0.3, -0.25) is 4.99 Å². The molecule has 2 aromatic rings. The minimum atomic E-state index is -0.591. The van der Waals surface area contributed by atoms with Crippen LogP contribution in [0.5, 0.6) is 0 Å². The zero-order chi connectivity index (χ0) is 19.2. The minimum Gasteiger partial charge on any atom is -0.386 e. The van der Waals surface area contributed by atoms with Gasteiger partial charge in [0.1, 0.15) is 0 Å². The van der Waals surface area contributed by atoms with E-state index < -0.39 is 6.10 Å². The van der Waals surface area contributed by atoms with Gasteiger partial charge in [0.2, 0.25) is 0 Å². The summed E-state index contributed by atoms with van der Waals surface area (Å²) < 4.78 is 2.20. The molecule has 27 heavy (non-hydrogen) atoms. The van der Waals surface area contributed by atoms with Gasteiger partial charge in [-0.15, -0.1) is 0 Å². The molecule has 0 bridgehead atoms. The van der Waals surface area contributed by atoms with Crippen LogP contribution in [0.25, 0.3) is 0 Å². The number of aliphatic imine (C=N–C) groups is 1. The van der Waals surface area contributed by atoms with Crippen LogP contribution in [0.3, 0.4) is 0 Å². The molecule has 3 atom stereocenters. The predicted octanol–water partition coefficient (Wildman–Crippen LogP) is 2.77. The summed E-state index contributed by atoms with van der Waals surface area (Å²) in [6.07, 6.45) is 6.29. The number of benzene rings is 1. The van der Waals surface area contributed by atoms with Crippen molar-refractivity contribution in [2.45, 2.75) is 39.3 Å². The number of guanidine groups is 1. The molecular formula is C21H31N5O. The van der Waals surface area contributed by atoms with Crippen LogP contribution >= 0.6 is 0 Å². The molecule has 1 fully saturated rings. The Morgan fingerprint density at radius 1 is 1.44 bits per heavy atom. The van der Waals surface area contributed by atoms with Crippen molar-refractivity contribution in [2.24, 2.45) is 10.9 Å². The molecule has 1 aromatic heterocycles. The molecule has 1 aliphatic heterocycles. The molecule has 146 valence electrons. The van der Waals surface area contributed by atoms with E-state index in [0.717, 1.165) is 43.1 Å². The third-order valence-corrected chi connectivity index (χ3v) is 5.30. The lowest BCUT2D eigenvalue weighted by atomic mass is 9.93. The number of rotatable bonds is 5. The second-order valence-electron chi connectivity index (χ2n) is 7.41. The molecule has 3 unspecified atom stereocenters. The van der Waals surface area contributed by atoms with Crippen LogP contribution in [0.1, 0.15) is 43.5 Å². The predicted molar refractivity (Wildman–Crippen MR) is 109 cm³/mol. The number of aryl methyl sites for hydroxylation is 1. The van der Waals surface area contributed by atoms with Crippen LogP contribution in [0.2, 0.25) is 0 Å². The largest absolute Gasteiger partial charge is 0.386 e. The number of likely N-dealkylation sites (tertiary alicyclic amines) is 1. The van der Waals surface area contributed by atoms with Crippen molar-refractivity contribution >= 4 is 5.96 Å².